The van der Waals surface area contributed by atoms with Crippen molar-refractivity contribution in [2.75, 3.05) is 6.54 Å². The summed E-state index contributed by atoms with van der Waals surface area (Å²) >= 11 is 3.93. The lowest BCUT2D eigenvalue weighted by Crippen LogP contribution is -2.50. The number of carbonyl (C=O) groups is 3. The van der Waals surface area contributed by atoms with Crippen LogP contribution in [0.15, 0.2) is 30.3 Å². The predicted octanol–water partition coefficient (Wildman–Crippen LogP) is 0.759. The van der Waals surface area contributed by atoms with Gasteiger partial charge in [-0.25, -0.2) is 0 Å². The van der Waals surface area contributed by atoms with E-state index in [4.69, 9.17) is 5.11 Å². The molecule has 0 spiro atoms. The van der Waals surface area contributed by atoms with Gasteiger partial charge < -0.3 is 10.4 Å². The van der Waals surface area contributed by atoms with E-state index in [0.29, 0.717) is 0 Å². The fraction of sp³-hybridized carbons (Fsp3) is 0.250. The number of carboxylic acid groups (broad SMARTS) is 1. The van der Waals surface area contributed by atoms with Gasteiger partial charge in [-0.15, -0.1) is 0 Å². The molecule has 5 nitrogen and oxygen atoms in total. The highest BCUT2D eigenvalue weighted by atomic mass is 32.1. The van der Waals surface area contributed by atoms with Gasteiger partial charge in [-0.3, -0.25) is 14.4 Å². The Kier molecular flexibility index (Phi) is 4.49. The monoisotopic (exact) mass is 267 g/mol. The van der Waals surface area contributed by atoms with Crippen molar-refractivity contribution in [2.24, 2.45) is 0 Å². The fourth-order valence-electron chi connectivity index (χ4n) is 1.33. The molecule has 1 rings (SSSR count). The van der Waals surface area contributed by atoms with Gasteiger partial charge in [0.15, 0.2) is 10.5 Å². The minimum atomic E-state index is -1.97. The predicted molar refractivity (Wildman–Crippen MR) is 68.8 cm³/mol. The van der Waals surface area contributed by atoms with Gasteiger partial charge in [0.25, 0.3) is 0 Å². The van der Waals surface area contributed by atoms with Crippen LogP contribution >= 0.6 is 12.6 Å². The summed E-state index contributed by atoms with van der Waals surface area (Å²) in [7, 11) is 0. The number of carbonyl (C=O) groups excluding carboxylic acids is 2. The average Bonchev–Trinajstić information content (AvgIpc) is 2.35. The summed E-state index contributed by atoms with van der Waals surface area (Å²) in [6, 6.07) is 7.98. The SMILES string of the molecule is CC(=O)NCC(S)(C(=O)O)C(=O)c1ccccc1. The Morgan fingerprint density at radius 3 is 2.28 bits per heavy atom. The molecule has 2 N–H and O–H groups in total. The van der Waals surface area contributed by atoms with E-state index >= 15 is 0 Å². The highest BCUT2D eigenvalue weighted by Gasteiger charge is 2.43. The van der Waals surface area contributed by atoms with Crippen LogP contribution in [0.4, 0.5) is 0 Å². The van der Waals surface area contributed by atoms with Gasteiger partial charge in [-0.1, -0.05) is 30.3 Å². The second-order valence-corrected chi connectivity index (χ2v) is 4.53. The van der Waals surface area contributed by atoms with Crippen molar-refractivity contribution < 1.29 is 19.5 Å². The van der Waals surface area contributed by atoms with E-state index in [-0.39, 0.29) is 12.1 Å². The highest BCUT2D eigenvalue weighted by molar-refractivity contribution is 7.83. The molecule has 1 atom stereocenters. The molecule has 6 heteroatoms. The summed E-state index contributed by atoms with van der Waals surface area (Å²) in [4.78, 5) is 34.1. The summed E-state index contributed by atoms with van der Waals surface area (Å²) in [5.41, 5.74) is 0.236. The van der Waals surface area contributed by atoms with Gasteiger partial charge in [0.2, 0.25) is 5.91 Å². The molecule has 0 saturated heterocycles. The fourth-order valence-corrected chi connectivity index (χ4v) is 1.54. The molecule has 96 valence electrons. The second kappa shape index (κ2) is 5.68. The Morgan fingerprint density at radius 1 is 1.28 bits per heavy atom. The minimum absolute atomic E-state index is 0.236. The Hall–Kier alpha value is -1.82. The van der Waals surface area contributed by atoms with E-state index in [9.17, 15) is 14.4 Å². The Balaban J connectivity index is 3.01. The number of hydrogen-bond acceptors (Lipinski definition) is 4. The maximum Gasteiger partial charge on any atom is 0.329 e. The van der Waals surface area contributed by atoms with Crippen LogP contribution in [0.1, 0.15) is 17.3 Å². The molecule has 0 aliphatic heterocycles. The van der Waals surface area contributed by atoms with E-state index < -0.39 is 22.4 Å². The van der Waals surface area contributed by atoms with Crippen molar-refractivity contribution in [3.63, 3.8) is 0 Å². The first-order valence-electron chi connectivity index (χ1n) is 5.18. The highest BCUT2D eigenvalue weighted by Crippen LogP contribution is 2.21. The standard InChI is InChI=1S/C12H13NO4S/c1-8(14)13-7-12(18,11(16)17)10(15)9-5-3-2-4-6-9/h2-6,18H,7H2,1H3,(H,13,14)(H,16,17). The third-order valence-electron chi connectivity index (χ3n) is 2.36. The maximum absolute atomic E-state index is 12.1. The van der Waals surface area contributed by atoms with Crippen molar-refractivity contribution in [3.05, 3.63) is 35.9 Å². The van der Waals surface area contributed by atoms with Crippen LogP contribution in [-0.2, 0) is 9.59 Å². The molecule has 0 aliphatic carbocycles. The third-order valence-corrected chi connectivity index (χ3v) is 2.91. The summed E-state index contributed by atoms with van der Waals surface area (Å²) < 4.78 is -1.97. The first-order chi connectivity index (χ1) is 8.38. The lowest BCUT2D eigenvalue weighted by Gasteiger charge is -2.22. The number of Topliss-reactive ketones (excluding diaryl/α,β-unsaturated/α-hetero) is 1. The number of aliphatic carboxylic acids is 1. The Labute approximate surface area is 110 Å². The lowest BCUT2D eigenvalue weighted by atomic mass is 9.96. The third kappa shape index (κ3) is 3.10. The largest absolute Gasteiger partial charge is 0.480 e. The summed E-state index contributed by atoms with van der Waals surface area (Å²) in [6.45, 7) is 0.873. The van der Waals surface area contributed by atoms with Gasteiger partial charge in [0.05, 0.1) is 6.54 Å². The Morgan fingerprint density at radius 2 is 1.83 bits per heavy atom. The number of rotatable bonds is 5. The first kappa shape index (κ1) is 14.2. The molecule has 1 unspecified atom stereocenters. The summed E-state index contributed by atoms with van der Waals surface area (Å²) in [5.74, 6) is -2.48. The second-order valence-electron chi connectivity index (χ2n) is 3.77. The van der Waals surface area contributed by atoms with Gasteiger partial charge in [0.1, 0.15) is 0 Å². The zero-order chi connectivity index (χ0) is 13.8. The van der Waals surface area contributed by atoms with Crippen LogP contribution in [0.25, 0.3) is 0 Å². The number of ketones is 1. The zero-order valence-electron chi connectivity index (χ0n) is 9.71. The number of carboxylic acids is 1. The van der Waals surface area contributed by atoms with Crippen LogP contribution in [0.5, 0.6) is 0 Å². The van der Waals surface area contributed by atoms with Crippen LogP contribution in [0.3, 0.4) is 0 Å². The van der Waals surface area contributed by atoms with Crippen LogP contribution < -0.4 is 5.32 Å². The average molecular weight is 267 g/mol. The molecule has 0 aliphatic rings. The molecule has 1 aromatic rings. The van der Waals surface area contributed by atoms with E-state index in [1.807, 2.05) is 0 Å². The van der Waals surface area contributed by atoms with E-state index in [1.54, 1.807) is 18.2 Å². The van der Waals surface area contributed by atoms with Gasteiger partial charge in [-0.05, 0) is 0 Å². The molecule has 0 heterocycles. The van der Waals surface area contributed by atoms with Crippen LogP contribution in [0, 0.1) is 0 Å². The van der Waals surface area contributed by atoms with Crippen LogP contribution in [-0.4, -0.2) is 34.1 Å². The number of thiol groups is 1. The van der Waals surface area contributed by atoms with Gasteiger partial charge in [-0.2, -0.15) is 12.6 Å². The first-order valence-corrected chi connectivity index (χ1v) is 5.62. The summed E-state index contributed by atoms with van der Waals surface area (Å²) in [6.07, 6.45) is 0. The maximum atomic E-state index is 12.1. The normalized spacial score (nSPS) is 13.4. The minimum Gasteiger partial charge on any atom is -0.480 e. The number of amides is 1. The van der Waals surface area contributed by atoms with Crippen LogP contribution in [0.2, 0.25) is 0 Å². The number of benzene rings is 1. The van der Waals surface area contributed by atoms with E-state index in [0.717, 1.165) is 0 Å². The molecule has 0 saturated carbocycles. The molecule has 1 amide bonds. The van der Waals surface area contributed by atoms with Crippen molar-refractivity contribution in [2.45, 2.75) is 11.7 Å². The summed E-state index contributed by atoms with van der Waals surface area (Å²) in [5, 5.41) is 11.4. The molecular formula is C12H13NO4S. The molecule has 0 radical (unpaired) electrons. The molecule has 1 aromatic carbocycles. The van der Waals surface area contributed by atoms with Crippen molar-refractivity contribution in [1.29, 1.82) is 0 Å². The smallest absolute Gasteiger partial charge is 0.329 e. The van der Waals surface area contributed by atoms with Crippen molar-refractivity contribution in [1.82, 2.24) is 5.32 Å². The lowest BCUT2D eigenvalue weighted by molar-refractivity contribution is -0.138. The van der Waals surface area contributed by atoms with Crippen molar-refractivity contribution >= 4 is 30.3 Å². The van der Waals surface area contributed by atoms with Crippen molar-refractivity contribution in [3.8, 4) is 0 Å². The number of nitrogens with one attached hydrogen (secondary N) is 1. The molecule has 0 bridgehead atoms. The van der Waals surface area contributed by atoms with Gasteiger partial charge in [0, 0.05) is 12.5 Å². The molecular weight excluding hydrogens is 254 g/mol. The topological polar surface area (TPSA) is 83.5 Å². The number of hydrogen-bond donors (Lipinski definition) is 3. The zero-order valence-corrected chi connectivity index (χ0v) is 10.6. The molecule has 0 aromatic heterocycles. The van der Waals surface area contributed by atoms with E-state index in [2.05, 4.69) is 17.9 Å². The quantitative estimate of drug-likeness (QED) is 0.418. The molecule has 18 heavy (non-hydrogen) atoms. The van der Waals surface area contributed by atoms with E-state index in [1.165, 1.54) is 19.1 Å². The molecule has 0 fully saturated rings. The van der Waals surface area contributed by atoms with Gasteiger partial charge >= 0.3 is 5.97 Å². The Bertz CT molecular complexity index is 474.